The van der Waals surface area contributed by atoms with Crippen molar-refractivity contribution in [1.29, 1.82) is 0 Å². The van der Waals surface area contributed by atoms with Crippen molar-refractivity contribution in [3.8, 4) is 0 Å². The lowest BCUT2D eigenvalue weighted by Gasteiger charge is -2.29. The van der Waals surface area contributed by atoms with E-state index in [-0.39, 0.29) is 0 Å². The van der Waals surface area contributed by atoms with Crippen LogP contribution in [0.4, 0.5) is 17.1 Å². The second-order valence-corrected chi connectivity index (χ2v) is 13.1. The van der Waals surface area contributed by atoms with E-state index >= 15 is 0 Å². The Morgan fingerprint density at radius 1 is 0.469 bits per heavy atom. The van der Waals surface area contributed by atoms with Crippen LogP contribution in [-0.4, -0.2) is 53.6 Å². The van der Waals surface area contributed by atoms with Gasteiger partial charge in [0, 0.05) is 79.2 Å². The van der Waals surface area contributed by atoms with Gasteiger partial charge in [0.25, 0.3) is 0 Å². The van der Waals surface area contributed by atoms with E-state index < -0.39 is 0 Å². The molecule has 0 spiro atoms. The van der Waals surface area contributed by atoms with Crippen LogP contribution in [0.1, 0.15) is 47.8 Å². The molecule has 3 aliphatic rings. The first-order valence-electron chi connectivity index (χ1n) is 16.0. The zero-order chi connectivity index (χ0) is 33.7. The summed E-state index contributed by atoms with van der Waals surface area (Å²) < 4.78 is 0.996. The van der Waals surface area contributed by atoms with Crippen LogP contribution in [0.25, 0.3) is 0 Å². The maximum atomic E-state index is 11.1. The van der Waals surface area contributed by atoms with Crippen molar-refractivity contribution in [2.24, 2.45) is 0 Å². The van der Waals surface area contributed by atoms with Gasteiger partial charge in [-0.15, -0.1) is 0 Å². The summed E-state index contributed by atoms with van der Waals surface area (Å²) in [6, 6.07) is 27.6. The number of halogens is 1. The van der Waals surface area contributed by atoms with Gasteiger partial charge in [-0.25, -0.2) is 0 Å². The fourth-order valence-corrected chi connectivity index (χ4v) is 6.84. The molecule has 0 bridgehead atoms. The lowest BCUT2D eigenvalue weighted by atomic mass is 10.1. The minimum Gasteiger partial charge on any atom is -0.354 e. The third kappa shape index (κ3) is 7.29. The number of anilines is 3. The monoisotopic (exact) mass is 714 g/mol. The molecular weight excluding hydrogens is 680 g/mol. The van der Waals surface area contributed by atoms with Gasteiger partial charge in [-0.2, -0.15) is 0 Å². The molecule has 0 atom stereocenters. The molecule has 0 unspecified atom stereocenters. The van der Waals surface area contributed by atoms with Gasteiger partial charge in [-0.1, -0.05) is 72.8 Å². The number of nitrogens with zero attached hydrogens (tertiary/aromatic N) is 6. The van der Waals surface area contributed by atoms with Gasteiger partial charge < -0.3 is 29.4 Å². The predicted octanol–water partition coefficient (Wildman–Crippen LogP) is 7.14. The van der Waals surface area contributed by atoms with Gasteiger partial charge in [-0.05, 0) is 44.8 Å². The van der Waals surface area contributed by atoms with Gasteiger partial charge in [0.2, 0.25) is 0 Å². The number of hydrogen-bond acceptors (Lipinski definition) is 9. The SMILES string of the molecule is O=Cc1ccc(CN2C=CN(c3cc(N4C=CN(Cc5ccc(C=O)cc5)C4)c(Br)c(N4C=CN(Cc5ccc(C=O)cc5)C4)c3)C2)cc1. The van der Waals surface area contributed by atoms with E-state index in [1.807, 2.05) is 72.8 Å². The van der Waals surface area contributed by atoms with E-state index in [0.29, 0.717) is 36.7 Å². The van der Waals surface area contributed by atoms with Crippen molar-refractivity contribution in [1.82, 2.24) is 14.7 Å². The molecule has 0 saturated heterocycles. The maximum Gasteiger partial charge on any atom is 0.150 e. The second kappa shape index (κ2) is 14.2. The molecule has 0 aliphatic carbocycles. The minimum atomic E-state index is 0.672. The summed E-state index contributed by atoms with van der Waals surface area (Å²) >= 11 is 3.99. The van der Waals surface area contributed by atoms with Crippen molar-refractivity contribution in [2.75, 3.05) is 34.7 Å². The molecule has 9 nitrogen and oxygen atoms in total. The second-order valence-electron chi connectivity index (χ2n) is 12.3. The third-order valence-electron chi connectivity index (χ3n) is 8.85. The number of carbonyl (C=O) groups excluding carboxylic acids is 3. The average Bonchev–Trinajstić information content (AvgIpc) is 3.92. The Balaban J connectivity index is 1.11. The van der Waals surface area contributed by atoms with Crippen LogP contribution in [0, 0.1) is 0 Å². The zero-order valence-electron chi connectivity index (χ0n) is 26.8. The Hall–Kier alpha value is -5.61. The van der Waals surface area contributed by atoms with Crippen molar-refractivity contribution in [3.63, 3.8) is 0 Å². The first-order valence-corrected chi connectivity index (χ1v) is 16.8. The fourth-order valence-electron chi connectivity index (χ4n) is 6.15. The molecule has 10 heteroatoms. The Labute approximate surface area is 294 Å². The van der Waals surface area contributed by atoms with E-state index in [0.717, 1.165) is 76.7 Å². The topological polar surface area (TPSA) is 70.7 Å². The predicted molar refractivity (Wildman–Crippen MR) is 196 cm³/mol. The Bertz CT molecular complexity index is 1830. The lowest BCUT2D eigenvalue weighted by Crippen LogP contribution is -2.28. The molecule has 4 aromatic rings. The number of hydrogen-bond donors (Lipinski definition) is 0. The van der Waals surface area contributed by atoms with Crippen LogP contribution in [0.15, 0.2) is 127 Å². The van der Waals surface area contributed by atoms with Gasteiger partial charge in [0.1, 0.15) is 18.9 Å². The largest absolute Gasteiger partial charge is 0.354 e. The third-order valence-corrected chi connectivity index (χ3v) is 9.66. The summed E-state index contributed by atoms with van der Waals surface area (Å²) in [6.45, 7) is 4.23. The highest BCUT2D eigenvalue weighted by Crippen LogP contribution is 2.42. The molecule has 0 saturated carbocycles. The standard InChI is InChI=1S/C39H35BrN6O3/c40-39-37(45-17-14-42(28-45)22-31-3-9-34(25-48)10-4-31)19-36(44-16-13-41(27-44)21-30-1-7-33(24-47)8-2-30)20-38(39)46-18-15-43(29-46)23-32-5-11-35(26-49)12-6-32/h1-20,24-26H,21-23,27-29H2. The summed E-state index contributed by atoms with van der Waals surface area (Å²) in [6.07, 6.45) is 15.2. The molecule has 3 aliphatic heterocycles. The molecule has 0 fully saturated rings. The van der Waals surface area contributed by atoms with Gasteiger partial charge >= 0.3 is 0 Å². The molecule has 7 rings (SSSR count). The molecular formula is C39H35BrN6O3. The van der Waals surface area contributed by atoms with Crippen LogP contribution >= 0.6 is 15.9 Å². The quantitative estimate of drug-likeness (QED) is 0.143. The summed E-state index contributed by atoms with van der Waals surface area (Å²) in [5.41, 5.74) is 8.60. The molecule has 0 radical (unpaired) electrons. The van der Waals surface area contributed by atoms with Crippen molar-refractivity contribution in [3.05, 3.63) is 160 Å². The van der Waals surface area contributed by atoms with Gasteiger partial charge in [0.15, 0.2) is 0 Å². The van der Waals surface area contributed by atoms with Crippen LogP contribution in [-0.2, 0) is 19.6 Å². The van der Waals surface area contributed by atoms with Gasteiger partial charge in [0.05, 0.1) is 35.9 Å². The highest BCUT2D eigenvalue weighted by atomic mass is 79.9. The summed E-state index contributed by atoms with van der Waals surface area (Å²) in [5, 5.41) is 0. The number of rotatable bonds is 12. The number of benzene rings is 4. The van der Waals surface area contributed by atoms with Crippen LogP contribution in [0.5, 0.6) is 0 Å². The molecule has 49 heavy (non-hydrogen) atoms. The zero-order valence-corrected chi connectivity index (χ0v) is 28.4. The van der Waals surface area contributed by atoms with E-state index in [1.54, 1.807) is 0 Å². The van der Waals surface area contributed by atoms with Crippen LogP contribution in [0.3, 0.4) is 0 Å². The Morgan fingerprint density at radius 2 is 0.796 bits per heavy atom. The fraction of sp³-hybridized carbons (Fsp3) is 0.154. The van der Waals surface area contributed by atoms with E-state index in [4.69, 9.17) is 0 Å². The Kier molecular flexibility index (Phi) is 9.29. The minimum absolute atomic E-state index is 0.672. The summed E-state index contributed by atoms with van der Waals surface area (Å²) in [7, 11) is 0. The highest BCUT2D eigenvalue weighted by molar-refractivity contribution is 9.10. The molecule has 0 N–H and O–H groups in total. The van der Waals surface area contributed by atoms with E-state index in [9.17, 15) is 14.4 Å². The lowest BCUT2D eigenvalue weighted by molar-refractivity contribution is 0.111. The van der Waals surface area contributed by atoms with Crippen molar-refractivity contribution in [2.45, 2.75) is 19.6 Å². The smallest absolute Gasteiger partial charge is 0.150 e. The van der Waals surface area contributed by atoms with E-state index in [1.165, 1.54) is 0 Å². The van der Waals surface area contributed by atoms with Crippen LogP contribution in [0.2, 0.25) is 0 Å². The van der Waals surface area contributed by atoms with Gasteiger partial charge in [-0.3, -0.25) is 14.4 Å². The first kappa shape index (κ1) is 32.0. The number of aldehydes is 3. The normalized spacial score (nSPS) is 15.2. The first-order chi connectivity index (χ1) is 24.0. The van der Waals surface area contributed by atoms with E-state index in [2.05, 4.69) is 94.7 Å². The summed E-state index contributed by atoms with van der Waals surface area (Å²) in [4.78, 5) is 46.8. The molecule has 3 heterocycles. The maximum absolute atomic E-state index is 11.1. The van der Waals surface area contributed by atoms with Crippen LogP contribution < -0.4 is 14.7 Å². The average molecular weight is 716 g/mol. The molecule has 246 valence electrons. The molecule has 0 amide bonds. The van der Waals surface area contributed by atoms with Crippen molar-refractivity contribution >= 4 is 51.9 Å². The van der Waals surface area contributed by atoms with Crippen molar-refractivity contribution < 1.29 is 14.4 Å². The molecule has 4 aromatic carbocycles. The summed E-state index contributed by atoms with van der Waals surface area (Å²) in [5.74, 6) is 0. The molecule has 0 aromatic heterocycles. The number of carbonyl (C=O) groups is 3. The highest BCUT2D eigenvalue weighted by Gasteiger charge is 2.25. The Morgan fingerprint density at radius 3 is 1.14 bits per heavy atom.